The van der Waals surface area contributed by atoms with Crippen LogP contribution in [0.4, 0.5) is 5.13 Å². The molecule has 3 aromatic heterocycles. The van der Waals surface area contributed by atoms with E-state index in [2.05, 4.69) is 22.1 Å². The minimum atomic E-state index is -1.03. The molecule has 10 nitrogen and oxygen atoms in total. The molecule has 236 valence electrons. The number of unbranched alkanes of at least 4 members (excludes halogenated alkanes) is 1. The van der Waals surface area contributed by atoms with E-state index in [1.165, 1.54) is 35.1 Å². The molecule has 0 bridgehead atoms. The first kappa shape index (κ1) is 31.6. The van der Waals surface area contributed by atoms with Crippen molar-refractivity contribution < 1.29 is 24.2 Å². The molecule has 1 saturated heterocycles. The number of aromatic nitrogens is 4. The molecule has 46 heavy (non-hydrogen) atoms. The van der Waals surface area contributed by atoms with Crippen LogP contribution in [-0.2, 0) is 15.3 Å². The predicted molar refractivity (Wildman–Crippen MR) is 179 cm³/mol. The van der Waals surface area contributed by atoms with Crippen molar-refractivity contribution in [2.24, 2.45) is 0 Å². The predicted octanol–water partition coefficient (Wildman–Crippen LogP) is 7.25. The zero-order chi connectivity index (χ0) is 32.4. The van der Waals surface area contributed by atoms with Gasteiger partial charge in [-0.2, -0.15) is 0 Å². The van der Waals surface area contributed by atoms with Gasteiger partial charge in [0, 0.05) is 17.0 Å². The largest absolute Gasteiger partial charge is 0.505 e. The second-order valence-electron chi connectivity index (χ2n) is 10.5. The Labute approximate surface area is 278 Å². The maximum Gasteiger partial charge on any atom is 0.301 e. The van der Waals surface area contributed by atoms with Gasteiger partial charge in [0.25, 0.3) is 5.78 Å². The zero-order valence-electron chi connectivity index (χ0n) is 25.3. The Kier molecular flexibility index (Phi) is 9.29. The van der Waals surface area contributed by atoms with E-state index in [1.807, 2.05) is 30.3 Å². The number of carbonyl (C=O) groups excluding carboxylic acids is 2. The lowest BCUT2D eigenvalue weighted by atomic mass is 9.96. The second-order valence-corrected chi connectivity index (χ2v) is 13.1. The Morgan fingerprint density at radius 1 is 1.09 bits per heavy atom. The molecule has 0 spiro atoms. The number of aryl methyl sites for hydroxylation is 1. The number of carbonyl (C=O) groups is 2. The van der Waals surface area contributed by atoms with Crippen molar-refractivity contribution >= 4 is 62.9 Å². The minimum absolute atomic E-state index is 0.0916. The number of methoxy groups -OCH3 is 1. The number of thioether (sulfide) groups is 1. The number of benzene rings is 2. The number of hydrogen-bond donors (Lipinski definition) is 1. The Hall–Kier alpha value is -4.39. The van der Waals surface area contributed by atoms with Crippen LogP contribution in [0.25, 0.3) is 11.4 Å². The van der Waals surface area contributed by atoms with Crippen molar-refractivity contribution in [1.29, 1.82) is 0 Å². The fourth-order valence-corrected chi connectivity index (χ4v) is 7.20. The molecule has 13 heteroatoms. The molecule has 2 aromatic carbocycles. The van der Waals surface area contributed by atoms with Crippen LogP contribution in [0, 0.1) is 6.92 Å². The highest BCUT2D eigenvalue weighted by Gasteiger charge is 2.49. The Morgan fingerprint density at radius 3 is 2.65 bits per heavy atom. The molecule has 0 aliphatic carbocycles. The second kappa shape index (κ2) is 13.5. The summed E-state index contributed by atoms with van der Waals surface area (Å²) in [5.41, 5.74) is 2.89. The van der Waals surface area contributed by atoms with E-state index in [9.17, 15) is 14.7 Å². The summed E-state index contributed by atoms with van der Waals surface area (Å²) < 4.78 is 13.9. The van der Waals surface area contributed by atoms with Crippen LogP contribution in [0.15, 0.2) is 76.8 Å². The first-order chi connectivity index (χ1) is 22.3. The van der Waals surface area contributed by atoms with Gasteiger partial charge in [-0.15, -0.1) is 10.2 Å². The molecular weight excluding hydrogens is 646 g/mol. The average Bonchev–Trinajstić information content (AvgIpc) is 3.74. The van der Waals surface area contributed by atoms with Crippen LogP contribution < -0.4 is 14.4 Å². The number of hydrogen-bond acceptors (Lipinski definition) is 10. The van der Waals surface area contributed by atoms with Crippen molar-refractivity contribution in [3.63, 3.8) is 0 Å². The van der Waals surface area contributed by atoms with Gasteiger partial charge in [-0.25, -0.2) is 4.98 Å². The third-order valence-electron chi connectivity index (χ3n) is 7.51. The first-order valence-electron chi connectivity index (χ1n) is 14.6. The highest BCUT2D eigenvalue weighted by atomic mass is 35.5. The first-order valence-corrected chi connectivity index (χ1v) is 16.7. The lowest BCUT2D eigenvalue weighted by Gasteiger charge is -2.23. The number of Topliss-reactive ketones (excluding diaryl/α,β-unsaturated/α-hetero) is 1. The average molecular weight is 676 g/mol. The summed E-state index contributed by atoms with van der Waals surface area (Å²) in [4.78, 5) is 33.5. The molecule has 4 heterocycles. The summed E-state index contributed by atoms with van der Waals surface area (Å²) in [6.07, 6.45) is 3.59. The number of nitrogens with zero attached hydrogens (tertiary/aromatic N) is 5. The molecule has 1 amide bonds. The summed E-state index contributed by atoms with van der Waals surface area (Å²) in [5, 5.41) is 21.4. The van der Waals surface area contributed by atoms with E-state index in [0.29, 0.717) is 55.8 Å². The van der Waals surface area contributed by atoms with Gasteiger partial charge in [-0.1, -0.05) is 72.3 Å². The van der Waals surface area contributed by atoms with Crippen molar-refractivity contribution in [2.45, 2.75) is 42.8 Å². The summed E-state index contributed by atoms with van der Waals surface area (Å²) in [6, 6.07) is 17.1. The number of fused-ring (bicyclic) bond motifs is 1. The number of anilines is 1. The molecule has 6 rings (SSSR count). The maximum absolute atomic E-state index is 13.8. The fourth-order valence-electron chi connectivity index (χ4n) is 5.26. The van der Waals surface area contributed by atoms with E-state index >= 15 is 0 Å². The van der Waals surface area contributed by atoms with Gasteiger partial charge >= 0.3 is 5.91 Å². The van der Waals surface area contributed by atoms with E-state index in [-0.39, 0.29) is 16.5 Å². The monoisotopic (exact) mass is 675 g/mol. The molecule has 0 radical (unpaired) electrons. The van der Waals surface area contributed by atoms with Gasteiger partial charge in [0.1, 0.15) is 11.3 Å². The molecule has 1 aliphatic heterocycles. The highest BCUT2D eigenvalue weighted by molar-refractivity contribution is 8.00. The standard InChI is InChI=1S/C33H30ClN5O5S2/c1-4-5-16-44-23-14-11-21(17-24(23)43-3)28-26(29(40)27-19(2)35-25-8-6-7-15-38(25)27)30(41)31(42)39(28)32-36-37-33(46-32)45-18-20-9-12-22(34)13-10-20/h6-15,17,28,40H,4-5,16,18H2,1-3H3/b29-26+. The highest BCUT2D eigenvalue weighted by Crippen LogP contribution is 2.46. The van der Waals surface area contributed by atoms with Gasteiger partial charge in [0.2, 0.25) is 5.13 Å². The van der Waals surface area contributed by atoms with Crippen molar-refractivity contribution in [1.82, 2.24) is 19.6 Å². The number of ether oxygens (including phenoxy) is 2. The summed E-state index contributed by atoms with van der Waals surface area (Å²) in [6.45, 7) is 4.33. The molecule has 1 unspecified atom stereocenters. The Bertz CT molecular complexity index is 1960. The number of aliphatic hydroxyl groups excluding tert-OH is 1. The van der Waals surface area contributed by atoms with Gasteiger partial charge in [-0.05, 0) is 60.9 Å². The summed E-state index contributed by atoms with van der Waals surface area (Å²) >= 11 is 8.66. The van der Waals surface area contributed by atoms with Crippen LogP contribution in [0.3, 0.4) is 0 Å². The maximum atomic E-state index is 13.8. The van der Waals surface area contributed by atoms with Crippen molar-refractivity contribution in [3.8, 4) is 11.5 Å². The Morgan fingerprint density at radius 2 is 1.89 bits per heavy atom. The van der Waals surface area contributed by atoms with Crippen molar-refractivity contribution in [3.05, 3.63) is 100.0 Å². The number of pyridine rings is 1. The SMILES string of the molecule is CCCCOc1ccc(C2/C(=C(\O)c3c(C)nc4ccccn34)C(=O)C(=O)N2c2nnc(SCc3ccc(Cl)cc3)s2)cc1OC. The van der Waals surface area contributed by atoms with Gasteiger partial charge in [0.15, 0.2) is 21.6 Å². The number of halogens is 1. The smallest absolute Gasteiger partial charge is 0.301 e. The Balaban J connectivity index is 1.44. The molecule has 1 fully saturated rings. The molecule has 1 aliphatic rings. The van der Waals surface area contributed by atoms with Crippen LogP contribution in [0.5, 0.6) is 11.5 Å². The van der Waals surface area contributed by atoms with Crippen LogP contribution >= 0.6 is 34.7 Å². The fraction of sp³-hybridized carbons (Fsp3) is 0.242. The van der Waals surface area contributed by atoms with Gasteiger partial charge in [-0.3, -0.25) is 18.9 Å². The number of imidazole rings is 1. The van der Waals surface area contributed by atoms with E-state index in [4.69, 9.17) is 21.1 Å². The van der Waals surface area contributed by atoms with Gasteiger partial charge < -0.3 is 14.6 Å². The van der Waals surface area contributed by atoms with Crippen LogP contribution in [0.1, 0.15) is 48.3 Å². The number of amides is 1. The molecule has 0 saturated carbocycles. The van der Waals surface area contributed by atoms with E-state index < -0.39 is 17.7 Å². The minimum Gasteiger partial charge on any atom is -0.505 e. The topological polar surface area (TPSA) is 119 Å². The van der Waals surface area contributed by atoms with Crippen LogP contribution in [0.2, 0.25) is 5.02 Å². The zero-order valence-corrected chi connectivity index (χ0v) is 27.7. The molecule has 1 atom stereocenters. The summed E-state index contributed by atoms with van der Waals surface area (Å²) in [7, 11) is 1.53. The summed E-state index contributed by atoms with van der Waals surface area (Å²) in [5.74, 6) is -0.441. The van der Waals surface area contributed by atoms with E-state index in [0.717, 1.165) is 18.4 Å². The molecular formula is C33H30ClN5O5S2. The number of aliphatic hydroxyl groups is 1. The van der Waals surface area contributed by atoms with E-state index in [1.54, 1.807) is 47.9 Å². The number of ketones is 1. The lowest BCUT2D eigenvalue weighted by Crippen LogP contribution is -2.29. The molecule has 5 aromatic rings. The third kappa shape index (κ3) is 6.07. The number of rotatable bonds is 11. The third-order valence-corrected chi connectivity index (χ3v) is 9.89. The van der Waals surface area contributed by atoms with Crippen LogP contribution in [-0.4, -0.2) is 50.1 Å². The quantitative estimate of drug-likeness (QED) is 0.0385. The van der Waals surface area contributed by atoms with Gasteiger partial charge in [0.05, 0.1) is 31.0 Å². The lowest BCUT2D eigenvalue weighted by molar-refractivity contribution is -0.132. The molecule has 1 N–H and O–H groups in total. The normalized spacial score (nSPS) is 16.0. The van der Waals surface area contributed by atoms with Crippen molar-refractivity contribution in [2.75, 3.05) is 18.6 Å².